The van der Waals surface area contributed by atoms with Crippen molar-refractivity contribution in [3.05, 3.63) is 59.4 Å². The first-order valence-electron chi connectivity index (χ1n) is 7.23. The van der Waals surface area contributed by atoms with Gasteiger partial charge in [0, 0.05) is 43.7 Å². The van der Waals surface area contributed by atoms with E-state index in [4.69, 9.17) is 0 Å². The largest absolute Gasteiger partial charge is 0.348 e. The standard InChI is InChI=1S/C17H17N3O2/c1-12(21)20-9-6-14-2-3-15(10-16(14)20)17(22)19-11-13-4-7-18-8-5-13/h2-5,7-8,10H,6,9,11H2,1H3,(H,19,22). The van der Waals surface area contributed by atoms with Gasteiger partial charge in [0.25, 0.3) is 5.91 Å². The monoisotopic (exact) mass is 295 g/mol. The minimum atomic E-state index is -0.144. The number of amides is 2. The van der Waals surface area contributed by atoms with E-state index in [-0.39, 0.29) is 11.8 Å². The predicted octanol–water partition coefficient (Wildman–Crippen LogP) is 1.92. The van der Waals surface area contributed by atoms with Crippen LogP contribution in [0.4, 0.5) is 5.69 Å². The fraction of sp³-hybridized carbons (Fsp3) is 0.235. The summed E-state index contributed by atoms with van der Waals surface area (Å²) in [4.78, 5) is 29.5. The maximum Gasteiger partial charge on any atom is 0.251 e. The highest BCUT2D eigenvalue weighted by Crippen LogP contribution is 2.29. The Labute approximate surface area is 129 Å². The number of aromatic nitrogens is 1. The van der Waals surface area contributed by atoms with Gasteiger partial charge >= 0.3 is 0 Å². The number of pyridine rings is 1. The van der Waals surface area contributed by atoms with Crippen LogP contribution in [0.15, 0.2) is 42.7 Å². The molecule has 0 saturated heterocycles. The van der Waals surface area contributed by atoms with Gasteiger partial charge in [-0.1, -0.05) is 6.07 Å². The summed E-state index contributed by atoms with van der Waals surface area (Å²) in [5.74, 6) is -0.136. The SMILES string of the molecule is CC(=O)N1CCc2ccc(C(=O)NCc3ccncc3)cc21. The summed E-state index contributed by atoms with van der Waals surface area (Å²) in [6.07, 6.45) is 4.23. The van der Waals surface area contributed by atoms with Gasteiger partial charge in [-0.3, -0.25) is 14.6 Å². The smallest absolute Gasteiger partial charge is 0.251 e. The number of fused-ring (bicyclic) bond motifs is 1. The molecule has 1 aliphatic heterocycles. The second-order valence-corrected chi connectivity index (χ2v) is 5.30. The molecule has 0 radical (unpaired) electrons. The molecule has 1 N–H and O–H groups in total. The third kappa shape index (κ3) is 2.83. The van der Waals surface area contributed by atoms with Gasteiger partial charge in [-0.15, -0.1) is 0 Å². The minimum Gasteiger partial charge on any atom is -0.348 e. The van der Waals surface area contributed by atoms with E-state index in [2.05, 4.69) is 10.3 Å². The van der Waals surface area contributed by atoms with Gasteiger partial charge in [-0.2, -0.15) is 0 Å². The Bertz CT molecular complexity index is 713. The van der Waals surface area contributed by atoms with E-state index in [1.807, 2.05) is 24.3 Å². The number of nitrogens with zero attached hydrogens (tertiary/aromatic N) is 2. The first-order valence-corrected chi connectivity index (χ1v) is 7.23. The fourth-order valence-corrected chi connectivity index (χ4v) is 2.63. The molecular weight excluding hydrogens is 278 g/mol. The molecule has 1 aromatic heterocycles. The second-order valence-electron chi connectivity index (χ2n) is 5.30. The van der Waals surface area contributed by atoms with E-state index >= 15 is 0 Å². The quantitative estimate of drug-likeness (QED) is 0.941. The molecule has 0 saturated carbocycles. The number of hydrogen-bond acceptors (Lipinski definition) is 3. The maximum atomic E-state index is 12.3. The maximum absolute atomic E-state index is 12.3. The summed E-state index contributed by atoms with van der Waals surface area (Å²) in [5, 5.41) is 2.88. The van der Waals surface area contributed by atoms with Crippen LogP contribution in [0.25, 0.3) is 0 Å². The van der Waals surface area contributed by atoms with Crippen LogP contribution in [-0.2, 0) is 17.8 Å². The average Bonchev–Trinajstić information content (AvgIpc) is 2.96. The molecule has 0 aliphatic carbocycles. The molecule has 1 aromatic carbocycles. The Morgan fingerprint density at radius 2 is 2.00 bits per heavy atom. The zero-order valence-corrected chi connectivity index (χ0v) is 12.4. The van der Waals surface area contributed by atoms with Gasteiger partial charge in [-0.05, 0) is 41.8 Å². The lowest BCUT2D eigenvalue weighted by molar-refractivity contribution is -0.116. The van der Waals surface area contributed by atoms with E-state index in [0.29, 0.717) is 18.7 Å². The van der Waals surface area contributed by atoms with Crippen molar-refractivity contribution in [2.24, 2.45) is 0 Å². The number of carbonyl (C=O) groups excluding carboxylic acids is 2. The van der Waals surface area contributed by atoms with Crippen molar-refractivity contribution in [2.75, 3.05) is 11.4 Å². The number of nitrogens with one attached hydrogen (secondary N) is 1. The first kappa shape index (κ1) is 14.3. The van der Waals surface area contributed by atoms with Crippen molar-refractivity contribution in [2.45, 2.75) is 19.9 Å². The Kier molecular flexibility index (Phi) is 3.87. The molecule has 0 bridgehead atoms. The normalized spacial score (nSPS) is 12.9. The summed E-state index contributed by atoms with van der Waals surface area (Å²) in [5.41, 5.74) is 3.53. The molecule has 0 atom stereocenters. The van der Waals surface area contributed by atoms with Gasteiger partial charge < -0.3 is 10.2 Å². The lowest BCUT2D eigenvalue weighted by atomic mass is 10.1. The Morgan fingerprint density at radius 1 is 1.23 bits per heavy atom. The van der Waals surface area contributed by atoms with Gasteiger partial charge in [0.2, 0.25) is 5.91 Å². The first-order chi connectivity index (χ1) is 10.6. The molecule has 3 rings (SSSR count). The van der Waals surface area contributed by atoms with Crippen LogP contribution >= 0.6 is 0 Å². The summed E-state index contributed by atoms with van der Waals surface area (Å²) in [7, 11) is 0. The summed E-state index contributed by atoms with van der Waals surface area (Å²) in [6.45, 7) is 2.69. The van der Waals surface area contributed by atoms with Crippen LogP contribution in [0.1, 0.15) is 28.4 Å². The van der Waals surface area contributed by atoms with Crippen LogP contribution < -0.4 is 10.2 Å². The molecule has 0 unspecified atom stereocenters. The van der Waals surface area contributed by atoms with Crippen LogP contribution in [0.2, 0.25) is 0 Å². The molecule has 2 heterocycles. The molecular formula is C17H17N3O2. The molecule has 0 fully saturated rings. The van der Waals surface area contributed by atoms with Crippen LogP contribution in [-0.4, -0.2) is 23.3 Å². The Balaban J connectivity index is 1.74. The minimum absolute atomic E-state index is 0.00749. The number of carbonyl (C=O) groups is 2. The van der Waals surface area contributed by atoms with Crippen LogP contribution in [0.5, 0.6) is 0 Å². The molecule has 1 aliphatic rings. The number of benzene rings is 1. The molecule has 22 heavy (non-hydrogen) atoms. The van der Waals surface area contributed by atoms with Gasteiger partial charge in [0.1, 0.15) is 0 Å². The highest BCUT2D eigenvalue weighted by atomic mass is 16.2. The van der Waals surface area contributed by atoms with Crippen molar-refractivity contribution < 1.29 is 9.59 Å². The Morgan fingerprint density at radius 3 is 2.73 bits per heavy atom. The van der Waals surface area contributed by atoms with Crippen molar-refractivity contribution in [3.8, 4) is 0 Å². The van der Waals surface area contributed by atoms with Gasteiger partial charge in [0.15, 0.2) is 0 Å². The molecule has 0 spiro atoms. The summed E-state index contributed by atoms with van der Waals surface area (Å²) < 4.78 is 0. The molecule has 5 nitrogen and oxygen atoms in total. The lowest BCUT2D eigenvalue weighted by Crippen LogP contribution is -2.26. The van der Waals surface area contributed by atoms with E-state index in [0.717, 1.165) is 23.2 Å². The molecule has 2 aromatic rings. The average molecular weight is 295 g/mol. The number of anilines is 1. The van der Waals surface area contributed by atoms with Crippen molar-refractivity contribution >= 4 is 17.5 Å². The van der Waals surface area contributed by atoms with Gasteiger partial charge in [-0.25, -0.2) is 0 Å². The third-order valence-corrected chi connectivity index (χ3v) is 3.83. The predicted molar refractivity (Wildman–Crippen MR) is 83.6 cm³/mol. The van der Waals surface area contributed by atoms with Crippen LogP contribution in [0.3, 0.4) is 0 Å². The highest BCUT2D eigenvalue weighted by molar-refractivity contribution is 5.99. The zero-order chi connectivity index (χ0) is 15.5. The fourth-order valence-electron chi connectivity index (χ4n) is 2.63. The number of hydrogen-bond donors (Lipinski definition) is 1. The summed E-state index contributed by atoms with van der Waals surface area (Å²) in [6, 6.07) is 9.26. The molecule has 2 amide bonds. The van der Waals surface area contributed by atoms with Gasteiger partial charge in [0.05, 0.1) is 0 Å². The van der Waals surface area contributed by atoms with E-state index in [9.17, 15) is 9.59 Å². The van der Waals surface area contributed by atoms with E-state index in [1.54, 1.807) is 30.3 Å². The molecule has 5 heteroatoms. The number of rotatable bonds is 3. The van der Waals surface area contributed by atoms with Crippen molar-refractivity contribution in [1.82, 2.24) is 10.3 Å². The summed E-state index contributed by atoms with van der Waals surface area (Å²) >= 11 is 0. The highest BCUT2D eigenvalue weighted by Gasteiger charge is 2.23. The topological polar surface area (TPSA) is 62.3 Å². The third-order valence-electron chi connectivity index (χ3n) is 3.83. The van der Waals surface area contributed by atoms with Crippen molar-refractivity contribution in [1.29, 1.82) is 0 Å². The lowest BCUT2D eigenvalue weighted by Gasteiger charge is -2.15. The Hall–Kier alpha value is -2.69. The van der Waals surface area contributed by atoms with Crippen LogP contribution in [0, 0.1) is 0 Å². The van der Waals surface area contributed by atoms with Crippen molar-refractivity contribution in [3.63, 3.8) is 0 Å². The molecule has 112 valence electrons. The zero-order valence-electron chi connectivity index (χ0n) is 12.4. The second kappa shape index (κ2) is 5.97. The van der Waals surface area contributed by atoms with E-state index in [1.165, 1.54) is 0 Å². The van der Waals surface area contributed by atoms with E-state index < -0.39 is 0 Å².